The van der Waals surface area contributed by atoms with E-state index >= 15 is 0 Å². The van der Waals surface area contributed by atoms with E-state index in [-0.39, 0.29) is 0 Å². The molecule has 0 saturated carbocycles. The van der Waals surface area contributed by atoms with Crippen molar-refractivity contribution in [1.29, 1.82) is 0 Å². The van der Waals surface area contributed by atoms with Crippen LogP contribution in [0.5, 0.6) is 0 Å². The number of fused-ring (bicyclic) bond motifs is 1. The molecule has 2 aromatic rings. The van der Waals surface area contributed by atoms with E-state index in [0.717, 1.165) is 43.0 Å². The number of hydrogen-bond acceptors (Lipinski definition) is 3. The summed E-state index contributed by atoms with van der Waals surface area (Å²) in [4.78, 5) is 11.9. The summed E-state index contributed by atoms with van der Waals surface area (Å²) in [5, 5.41) is 0. The van der Waals surface area contributed by atoms with E-state index < -0.39 is 0 Å². The summed E-state index contributed by atoms with van der Waals surface area (Å²) in [7, 11) is 8.21. The van der Waals surface area contributed by atoms with Gasteiger partial charge in [0.2, 0.25) is 0 Å². The third kappa shape index (κ3) is 3.71. The summed E-state index contributed by atoms with van der Waals surface area (Å²) in [6, 6.07) is 4.62. The zero-order chi connectivity index (χ0) is 17.8. The molecule has 0 bridgehead atoms. The molecule has 126 valence electrons. The molecule has 3 rings (SSSR count). The van der Waals surface area contributed by atoms with Crippen molar-refractivity contribution in [3.63, 3.8) is 0 Å². The molecule has 4 nitrogen and oxygen atoms in total. The van der Waals surface area contributed by atoms with Gasteiger partial charge in [0, 0.05) is 0 Å². The molecular weight excluding hydrogens is 305 g/mol. The van der Waals surface area contributed by atoms with Crippen LogP contribution in [-0.4, -0.2) is 48.7 Å². The molecule has 2 aromatic heterocycles. The van der Waals surface area contributed by atoms with Gasteiger partial charge in [0.15, 0.2) is 0 Å². The van der Waals surface area contributed by atoms with Crippen LogP contribution in [0.1, 0.15) is 60.7 Å². The molecule has 0 fully saturated rings. The van der Waals surface area contributed by atoms with E-state index in [2.05, 4.69) is 62.9 Å². The van der Waals surface area contributed by atoms with Crippen LogP contribution in [0.2, 0.25) is 0 Å². The van der Waals surface area contributed by atoms with Gasteiger partial charge in [0.1, 0.15) is 0 Å². The minimum atomic E-state index is 0.364. The molecular formula is C18H25B3N4. The third-order valence-electron chi connectivity index (χ3n) is 5.05. The number of nitrogens with zero attached hydrogens (tertiary/aromatic N) is 4. The molecule has 0 aromatic carbocycles. The molecule has 1 unspecified atom stereocenters. The SMILES string of the molecule is B=Cc1c(/C=C\CC)nc(CN(B)C2CCCc3cccnc32)n1B. The van der Waals surface area contributed by atoms with Gasteiger partial charge in [-0.05, 0) is 0 Å². The summed E-state index contributed by atoms with van der Waals surface area (Å²) in [6.07, 6.45) is 10.7. The molecule has 0 N–H and O–H groups in total. The van der Waals surface area contributed by atoms with Crippen molar-refractivity contribution in [2.45, 2.75) is 45.2 Å². The van der Waals surface area contributed by atoms with Gasteiger partial charge < -0.3 is 0 Å². The average molecular weight is 330 g/mol. The molecule has 0 spiro atoms. The Hall–Kier alpha value is -1.88. The van der Waals surface area contributed by atoms with Gasteiger partial charge in [0.25, 0.3) is 0 Å². The quantitative estimate of drug-likeness (QED) is 0.727. The van der Waals surface area contributed by atoms with E-state index in [1.165, 1.54) is 17.7 Å². The van der Waals surface area contributed by atoms with Crippen LogP contribution in [0, 0.1) is 0 Å². The van der Waals surface area contributed by atoms with E-state index in [9.17, 15) is 0 Å². The summed E-state index contributed by atoms with van der Waals surface area (Å²) < 4.78 is 2.15. The summed E-state index contributed by atoms with van der Waals surface area (Å²) >= 11 is 0. The molecule has 1 aliphatic rings. The van der Waals surface area contributed by atoms with E-state index in [1.54, 1.807) is 0 Å². The van der Waals surface area contributed by atoms with Crippen LogP contribution in [0.3, 0.4) is 0 Å². The van der Waals surface area contributed by atoms with Crippen molar-refractivity contribution in [1.82, 2.24) is 19.3 Å². The van der Waals surface area contributed by atoms with Gasteiger partial charge in [-0.25, -0.2) is 0 Å². The number of aromatic nitrogens is 3. The molecule has 1 aliphatic carbocycles. The van der Waals surface area contributed by atoms with E-state index in [0.29, 0.717) is 6.04 Å². The number of imidazole rings is 1. The van der Waals surface area contributed by atoms with Crippen molar-refractivity contribution < 1.29 is 0 Å². The predicted molar refractivity (Wildman–Crippen MR) is 112 cm³/mol. The molecule has 2 heterocycles. The predicted octanol–water partition coefficient (Wildman–Crippen LogP) is 0.576. The Balaban J connectivity index is 1.84. The van der Waals surface area contributed by atoms with Crippen molar-refractivity contribution in [3.05, 3.63) is 52.9 Å². The molecule has 7 heteroatoms. The first-order valence-corrected chi connectivity index (χ1v) is 9.14. The van der Waals surface area contributed by atoms with Crippen LogP contribution in [0.4, 0.5) is 0 Å². The zero-order valence-electron chi connectivity index (χ0n) is 15.6. The second-order valence-electron chi connectivity index (χ2n) is 6.74. The van der Waals surface area contributed by atoms with Crippen molar-refractivity contribution in [2.75, 3.05) is 0 Å². The molecule has 0 aliphatic heterocycles. The first kappa shape index (κ1) is 17.9. The molecule has 0 radical (unpaired) electrons. The fourth-order valence-corrected chi connectivity index (χ4v) is 3.66. The third-order valence-corrected chi connectivity index (χ3v) is 5.05. The van der Waals surface area contributed by atoms with Crippen LogP contribution in [0.15, 0.2) is 24.4 Å². The van der Waals surface area contributed by atoms with Crippen molar-refractivity contribution >= 4 is 35.5 Å². The fraction of sp³-hybridized carbons (Fsp3) is 0.389. The maximum atomic E-state index is 4.85. The summed E-state index contributed by atoms with van der Waals surface area (Å²) in [5.41, 5.74) is 4.71. The normalized spacial score (nSPS) is 17.1. The fourth-order valence-electron chi connectivity index (χ4n) is 3.66. The Labute approximate surface area is 153 Å². The Morgan fingerprint density at radius 3 is 3.08 bits per heavy atom. The van der Waals surface area contributed by atoms with Gasteiger partial charge in [0.05, 0.1) is 0 Å². The van der Waals surface area contributed by atoms with Crippen LogP contribution < -0.4 is 0 Å². The Morgan fingerprint density at radius 2 is 2.32 bits per heavy atom. The van der Waals surface area contributed by atoms with Crippen LogP contribution >= 0.6 is 0 Å². The Morgan fingerprint density at radius 1 is 1.48 bits per heavy atom. The summed E-state index contributed by atoms with van der Waals surface area (Å²) in [6.45, 7) is 2.94. The standard InChI is InChI=1S/C18H25B3N4/c1-2-3-8-14-16(11-19)25(21)17(23-14)12-24(20)15-9-4-6-13-7-5-10-22-18(13)15/h3,5,7-8,10-11,15,19H,2,4,6,9,12,20-21H2,1H3/b8-3-. The maximum absolute atomic E-state index is 4.85. The van der Waals surface area contributed by atoms with Gasteiger partial charge in [-0.15, -0.1) is 0 Å². The first-order chi connectivity index (χ1) is 12.2. The zero-order valence-corrected chi connectivity index (χ0v) is 15.6. The van der Waals surface area contributed by atoms with Gasteiger partial charge in [-0.2, -0.15) is 0 Å². The molecule has 0 saturated heterocycles. The van der Waals surface area contributed by atoms with E-state index in [4.69, 9.17) is 4.98 Å². The van der Waals surface area contributed by atoms with Gasteiger partial charge >= 0.3 is 153 Å². The second-order valence-corrected chi connectivity index (χ2v) is 6.74. The van der Waals surface area contributed by atoms with Crippen LogP contribution in [-0.2, 0) is 13.0 Å². The minimum absolute atomic E-state index is 0.364. The Kier molecular flexibility index (Phi) is 5.74. The van der Waals surface area contributed by atoms with Crippen LogP contribution in [0.25, 0.3) is 6.08 Å². The number of rotatable bonds is 6. The molecule has 0 amide bonds. The van der Waals surface area contributed by atoms with Gasteiger partial charge in [-0.3, -0.25) is 0 Å². The number of aryl methyl sites for hydroxylation is 1. The molecule has 25 heavy (non-hydrogen) atoms. The average Bonchev–Trinajstić information content (AvgIpc) is 2.94. The van der Waals surface area contributed by atoms with Crippen molar-refractivity contribution in [3.8, 4) is 0 Å². The second kappa shape index (κ2) is 8.00. The number of pyridine rings is 1. The van der Waals surface area contributed by atoms with Crippen molar-refractivity contribution in [2.24, 2.45) is 0 Å². The summed E-state index contributed by atoms with van der Waals surface area (Å²) in [5.74, 6) is 2.96. The van der Waals surface area contributed by atoms with E-state index in [1.807, 2.05) is 18.2 Å². The molecule has 1 atom stereocenters. The topological polar surface area (TPSA) is 34.0 Å². The Bertz CT molecular complexity index is 785. The monoisotopic (exact) mass is 330 g/mol. The number of allylic oxidation sites excluding steroid dienone is 1. The first-order valence-electron chi connectivity index (χ1n) is 9.14. The number of hydrogen-bond donors (Lipinski definition) is 0. The van der Waals surface area contributed by atoms with Gasteiger partial charge in [-0.1, -0.05) is 0 Å².